The molecule has 2 heteroatoms. The van der Waals surface area contributed by atoms with Crippen LogP contribution in [0.25, 0.3) is 0 Å². The smallest absolute Gasteiger partial charge is 0.0323 e. The lowest BCUT2D eigenvalue weighted by Gasteiger charge is -2.33. The Morgan fingerprint density at radius 2 is 1.75 bits per heavy atom. The highest BCUT2D eigenvalue weighted by molar-refractivity contribution is 5.34. The highest BCUT2D eigenvalue weighted by Gasteiger charge is 2.25. The van der Waals surface area contributed by atoms with Crippen LogP contribution in [0.4, 0.5) is 0 Å². The van der Waals surface area contributed by atoms with Crippen LogP contribution in [0.2, 0.25) is 0 Å². The van der Waals surface area contributed by atoms with Gasteiger partial charge in [0.05, 0.1) is 0 Å². The van der Waals surface area contributed by atoms with Crippen molar-refractivity contribution in [3.8, 4) is 0 Å². The maximum absolute atomic E-state index is 3.86. The molecule has 1 fully saturated rings. The molecule has 0 radical (unpaired) electrons. The van der Waals surface area contributed by atoms with Crippen LogP contribution in [0.3, 0.4) is 0 Å². The molecule has 0 bridgehead atoms. The number of nitrogens with one attached hydrogen (secondary N) is 1. The molecule has 1 heterocycles. The van der Waals surface area contributed by atoms with Gasteiger partial charge < -0.3 is 10.2 Å². The molecule has 1 saturated heterocycles. The van der Waals surface area contributed by atoms with Crippen molar-refractivity contribution in [2.45, 2.75) is 44.6 Å². The van der Waals surface area contributed by atoms with Crippen molar-refractivity contribution in [1.82, 2.24) is 10.2 Å². The minimum absolute atomic E-state index is 0.585. The molecular weight excluding hydrogens is 244 g/mol. The van der Waals surface area contributed by atoms with Gasteiger partial charge in [0.2, 0.25) is 0 Å². The van der Waals surface area contributed by atoms with E-state index in [2.05, 4.69) is 48.5 Å². The Morgan fingerprint density at radius 3 is 2.50 bits per heavy atom. The Morgan fingerprint density at radius 1 is 1.05 bits per heavy atom. The zero-order valence-electron chi connectivity index (χ0n) is 12.9. The van der Waals surface area contributed by atoms with Gasteiger partial charge in [0.25, 0.3) is 0 Å². The molecule has 1 aromatic rings. The molecule has 20 heavy (non-hydrogen) atoms. The Balaban J connectivity index is 1.60. The standard InChI is InChI=1S/C18H28N2/c1-14-7-8-18(17-6-4-3-5-16(14)17)19-13-15-9-11-20(2)12-10-15/h3-6,14-15,18-19H,7-13H2,1-2H3. The summed E-state index contributed by atoms with van der Waals surface area (Å²) >= 11 is 0. The zero-order chi connectivity index (χ0) is 13.9. The number of rotatable bonds is 3. The van der Waals surface area contributed by atoms with Crippen molar-refractivity contribution in [3.05, 3.63) is 35.4 Å². The summed E-state index contributed by atoms with van der Waals surface area (Å²) in [5.41, 5.74) is 3.12. The van der Waals surface area contributed by atoms with Crippen molar-refractivity contribution >= 4 is 0 Å². The van der Waals surface area contributed by atoms with E-state index in [-0.39, 0.29) is 0 Å². The van der Waals surface area contributed by atoms with Crippen molar-refractivity contribution in [1.29, 1.82) is 0 Å². The first-order chi connectivity index (χ1) is 9.74. The summed E-state index contributed by atoms with van der Waals surface area (Å²) in [4.78, 5) is 2.45. The number of hydrogen-bond donors (Lipinski definition) is 1. The van der Waals surface area contributed by atoms with E-state index in [0.717, 1.165) is 11.8 Å². The number of piperidine rings is 1. The van der Waals surface area contributed by atoms with Gasteiger partial charge in [0, 0.05) is 6.04 Å². The fourth-order valence-electron chi connectivity index (χ4n) is 3.79. The minimum atomic E-state index is 0.585. The van der Waals surface area contributed by atoms with Gasteiger partial charge in [0.1, 0.15) is 0 Å². The molecule has 0 saturated carbocycles. The molecule has 1 aromatic carbocycles. The van der Waals surface area contributed by atoms with Gasteiger partial charge in [-0.2, -0.15) is 0 Å². The molecule has 2 nitrogen and oxygen atoms in total. The summed E-state index contributed by atoms with van der Waals surface area (Å²) in [7, 11) is 2.24. The topological polar surface area (TPSA) is 15.3 Å². The second-order valence-electron chi connectivity index (χ2n) is 6.81. The Hall–Kier alpha value is -0.860. The van der Waals surface area contributed by atoms with Gasteiger partial charge in [0.15, 0.2) is 0 Å². The largest absolute Gasteiger partial charge is 0.310 e. The van der Waals surface area contributed by atoms with Crippen LogP contribution in [0.5, 0.6) is 0 Å². The molecule has 1 N–H and O–H groups in total. The predicted molar refractivity (Wildman–Crippen MR) is 85.1 cm³/mol. The number of likely N-dealkylation sites (tertiary alicyclic amines) is 1. The van der Waals surface area contributed by atoms with E-state index < -0.39 is 0 Å². The fourth-order valence-corrected chi connectivity index (χ4v) is 3.79. The van der Waals surface area contributed by atoms with Crippen LogP contribution in [-0.4, -0.2) is 31.6 Å². The summed E-state index contributed by atoms with van der Waals surface area (Å²) in [6.45, 7) is 6.10. The molecule has 0 aromatic heterocycles. The first-order valence-corrected chi connectivity index (χ1v) is 8.25. The van der Waals surface area contributed by atoms with Gasteiger partial charge in [-0.1, -0.05) is 31.2 Å². The average molecular weight is 272 g/mol. The third kappa shape index (κ3) is 3.07. The summed E-state index contributed by atoms with van der Waals surface area (Å²) in [5, 5.41) is 3.86. The number of hydrogen-bond acceptors (Lipinski definition) is 2. The van der Waals surface area contributed by atoms with Gasteiger partial charge >= 0.3 is 0 Å². The van der Waals surface area contributed by atoms with E-state index in [4.69, 9.17) is 0 Å². The lowest BCUT2D eigenvalue weighted by molar-refractivity contribution is 0.211. The van der Waals surface area contributed by atoms with Crippen LogP contribution in [-0.2, 0) is 0 Å². The third-order valence-electron chi connectivity index (χ3n) is 5.28. The van der Waals surface area contributed by atoms with Crippen LogP contribution in [0, 0.1) is 5.92 Å². The highest BCUT2D eigenvalue weighted by Crippen LogP contribution is 2.37. The zero-order valence-corrected chi connectivity index (χ0v) is 12.9. The molecule has 1 aliphatic heterocycles. The van der Waals surface area contributed by atoms with E-state index >= 15 is 0 Å². The molecule has 2 aliphatic rings. The lowest BCUT2D eigenvalue weighted by Crippen LogP contribution is -2.36. The number of nitrogens with zero attached hydrogens (tertiary/aromatic N) is 1. The van der Waals surface area contributed by atoms with Crippen LogP contribution >= 0.6 is 0 Å². The number of fused-ring (bicyclic) bond motifs is 1. The summed E-state index contributed by atoms with van der Waals surface area (Å²) in [6, 6.07) is 9.62. The monoisotopic (exact) mass is 272 g/mol. The maximum atomic E-state index is 3.86. The number of benzene rings is 1. The third-order valence-corrected chi connectivity index (χ3v) is 5.28. The van der Waals surface area contributed by atoms with Crippen molar-refractivity contribution in [3.63, 3.8) is 0 Å². The first-order valence-electron chi connectivity index (χ1n) is 8.25. The van der Waals surface area contributed by atoms with Gasteiger partial charge in [-0.3, -0.25) is 0 Å². The Bertz CT molecular complexity index is 435. The molecule has 0 spiro atoms. The molecule has 110 valence electrons. The Kier molecular flexibility index (Phi) is 4.42. The Labute approximate surface area is 123 Å². The minimum Gasteiger partial charge on any atom is -0.310 e. The molecule has 1 aliphatic carbocycles. The van der Waals surface area contributed by atoms with Crippen molar-refractivity contribution in [2.24, 2.45) is 5.92 Å². The van der Waals surface area contributed by atoms with Crippen LogP contribution in [0.15, 0.2) is 24.3 Å². The quantitative estimate of drug-likeness (QED) is 0.905. The second-order valence-corrected chi connectivity index (χ2v) is 6.81. The van der Waals surface area contributed by atoms with Crippen LogP contribution < -0.4 is 5.32 Å². The second kappa shape index (κ2) is 6.28. The van der Waals surface area contributed by atoms with Crippen molar-refractivity contribution < 1.29 is 0 Å². The van der Waals surface area contributed by atoms with Gasteiger partial charge in [-0.15, -0.1) is 0 Å². The maximum Gasteiger partial charge on any atom is 0.0323 e. The molecule has 0 amide bonds. The molecule has 2 atom stereocenters. The molecule has 3 rings (SSSR count). The van der Waals surface area contributed by atoms with Crippen LogP contribution in [0.1, 0.15) is 55.7 Å². The SMILES string of the molecule is CC1CCC(NCC2CCN(C)CC2)c2ccccc21. The molecule has 2 unspecified atom stereocenters. The van der Waals surface area contributed by atoms with E-state index in [9.17, 15) is 0 Å². The fraction of sp³-hybridized carbons (Fsp3) is 0.667. The molecular formula is C18H28N2. The summed E-state index contributed by atoms with van der Waals surface area (Å²) in [5.74, 6) is 1.60. The first kappa shape index (κ1) is 14.1. The highest BCUT2D eigenvalue weighted by atomic mass is 15.1. The van der Waals surface area contributed by atoms with Crippen molar-refractivity contribution in [2.75, 3.05) is 26.7 Å². The lowest BCUT2D eigenvalue weighted by atomic mass is 9.81. The normalized spacial score (nSPS) is 28.3. The van der Waals surface area contributed by atoms with E-state index in [1.165, 1.54) is 45.3 Å². The van der Waals surface area contributed by atoms with E-state index in [1.54, 1.807) is 11.1 Å². The van der Waals surface area contributed by atoms with E-state index in [0.29, 0.717) is 6.04 Å². The van der Waals surface area contributed by atoms with Gasteiger partial charge in [-0.05, 0) is 75.3 Å². The van der Waals surface area contributed by atoms with Gasteiger partial charge in [-0.25, -0.2) is 0 Å². The summed E-state index contributed by atoms with van der Waals surface area (Å²) < 4.78 is 0. The predicted octanol–water partition coefficient (Wildman–Crippen LogP) is 3.56. The summed E-state index contributed by atoms with van der Waals surface area (Å²) in [6.07, 6.45) is 5.33. The average Bonchev–Trinajstić information content (AvgIpc) is 2.49. The van der Waals surface area contributed by atoms with E-state index in [1.807, 2.05) is 0 Å².